The molecule has 2 aromatic carbocycles. The monoisotopic (exact) mass is 404 g/mol. The van der Waals surface area contributed by atoms with Gasteiger partial charge in [0.2, 0.25) is 10.0 Å². The van der Waals surface area contributed by atoms with E-state index in [1.165, 1.54) is 7.05 Å². The van der Waals surface area contributed by atoms with E-state index in [-0.39, 0.29) is 4.90 Å². The zero-order valence-corrected chi connectivity index (χ0v) is 17.6. The maximum absolute atomic E-state index is 11.8. The van der Waals surface area contributed by atoms with E-state index in [2.05, 4.69) is 15.0 Å². The van der Waals surface area contributed by atoms with Crippen LogP contribution in [0.4, 0.5) is 0 Å². The third-order valence-corrected chi connectivity index (χ3v) is 5.61. The van der Waals surface area contributed by atoms with Crippen molar-refractivity contribution in [1.82, 2.24) is 14.9 Å². The summed E-state index contributed by atoms with van der Waals surface area (Å²) in [6.45, 7) is 3.85. The minimum Gasteiger partial charge on any atom is -0.494 e. The number of rotatable bonds is 8. The highest BCUT2D eigenvalue weighted by molar-refractivity contribution is 7.89. The first-order chi connectivity index (χ1) is 13.4. The molecule has 0 aromatic heterocycles. The summed E-state index contributed by atoms with van der Waals surface area (Å²) >= 11 is 0. The van der Waals surface area contributed by atoms with Crippen molar-refractivity contribution >= 4 is 16.0 Å². The first-order valence-corrected chi connectivity index (χ1v) is 10.5. The van der Waals surface area contributed by atoms with Gasteiger partial charge in [-0.25, -0.2) is 13.1 Å². The first kappa shape index (κ1) is 21.7. The van der Waals surface area contributed by atoms with Gasteiger partial charge in [-0.2, -0.15) is 0 Å². The largest absolute Gasteiger partial charge is 0.494 e. The van der Waals surface area contributed by atoms with Crippen LogP contribution in [0.5, 0.6) is 5.75 Å². The average Bonchev–Trinajstić information content (AvgIpc) is 2.70. The van der Waals surface area contributed by atoms with Crippen LogP contribution < -0.4 is 14.8 Å². The van der Waals surface area contributed by atoms with Crippen LogP contribution in [0.3, 0.4) is 0 Å². The summed E-state index contributed by atoms with van der Waals surface area (Å²) in [4.78, 5) is 6.59. The number of aliphatic imine (C=N–C) groups is 1. The molecule has 2 N–H and O–H groups in total. The van der Waals surface area contributed by atoms with E-state index in [1.54, 1.807) is 31.3 Å². The summed E-state index contributed by atoms with van der Waals surface area (Å²) in [5, 5.41) is 3.30. The van der Waals surface area contributed by atoms with Gasteiger partial charge in [0, 0.05) is 27.2 Å². The molecule has 0 aliphatic heterocycles. The summed E-state index contributed by atoms with van der Waals surface area (Å²) in [6.07, 6.45) is 0. The van der Waals surface area contributed by atoms with Crippen molar-refractivity contribution in [2.75, 3.05) is 27.7 Å². The van der Waals surface area contributed by atoms with Crippen molar-refractivity contribution in [3.63, 3.8) is 0 Å². The summed E-state index contributed by atoms with van der Waals surface area (Å²) in [7, 11) is 1.68. The molecule has 0 heterocycles. The molecule has 0 radical (unpaired) electrons. The summed E-state index contributed by atoms with van der Waals surface area (Å²) in [6, 6.07) is 14.8. The topological polar surface area (TPSA) is 83.0 Å². The summed E-state index contributed by atoms with van der Waals surface area (Å²) in [5.41, 5.74) is 2.11. The molecule has 0 amide bonds. The van der Waals surface area contributed by atoms with Crippen LogP contribution in [-0.2, 0) is 23.1 Å². The Morgan fingerprint density at radius 3 is 2.21 bits per heavy atom. The fraction of sp³-hybridized carbons (Fsp3) is 0.350. The molecule has 0 atom stereocenters. The highest BCUT2D eigenvalue weighted by Crippen LogP contribution is 2.14. The van der Waals surface area contributed by atoms with Gasteiger partial charge in [0.25, 0.3) is 0 Å². The van der Waals surface area contributed by atoms with E-state index in [1.807, 2.05) is 43.1 Å². The number of guanidine groups is 1. The molecule has 0 saturated carbocycles. The Balaban J connectivity index is 1.94. The normalized spacial score (nSPS) is 11.9. The van der Waals surface area contributed by atoms with E-state index >= 15 is 0 Å². The lowest BCUT2D eigenvalue weighted by atomic mass is 10.2. The molecule has 0 saturated heterocycles. The number of sulfonamides is 1. The van der Waals surface area contributed by atoms with Crippen LogP contribution in [0.2, 0.25) is 0 Å². The predicted molar refractivity (Wildman–Crippen MR) is 112 cm³/mol. The van der Waals surface area contributed by atoms with E-state index in [0.717, 1.165) is 22.8 Å². The maximum Gasteiger partial charge on any atom is 0.240 e. The molecule has 2 aromatic rings. The summed E-state index contributed by atoms with van der Waals surface area (Å²) in [5.74, 6) is 1.61. The molecule has 0 spiro atoms. The molecule has 152 valence electrons. The van der Waals surface area contributed by atoms with Gasteiger partial charge in [0.1, 0.15) is 5.75 Å². The van der Waals surface area contributed by atoms with E-state index in [4.69, 9.17) is 4.74 Å². The van der Waals surface area contributed by atoms with Crippen LogP contribution in [0.1, 0.15) is 18.1 Å². The number of nitrogens with one attached hydrogen (secondary N) is 2. The second kappa shape index (κ2) is 10.1. The lowest BCUT2D eigenvalue weighted by Crippen LogP contribution is -2.38. The highest BCUT2D eigenvalue weighted by atomic mass is 32.2. The minimum atomic E-state index is -3.42. The summed E-state index contributed by atoms with van der Waals surface area (Å²) < 4.78 is 31.3. The fourth-order valence-corrected chi connectivity index (χ4v) is 3.41. The number of benzene rings is 2. The van der Waals surface area contributed by atoms with Crippen molar-refractivity contribution in [3.05, 3.63) is 59.7 Å². The zero-order valence-electron chi connectivity index (χ0n) is 16.8. The molecule has 0 unspecified atom stereocenters. The average molecular weight is 405 g/mol. The predicted octanol–water partition coefficient (Wildman–Crippen LogP) is 2.20. The van der Waals surface area contributed by atoms with Crippen molar-refractivity contribution < 1.29 is 13.2 Å². The van der Waals surface area contributed by atoms with E-state index in [0.29, 0.717) is 19.7 Å². The van der Waals surface area contributed by atoms with Crippen molar-refractivity contribution in [2.24, 2.45) is 4.99 Å². The Labute approximate surface area is 167 Å². The molecule has 2 rings (SSSR count). The Bertz CT molecular complexity index is 879. The van der Waals surface area contributed by atoms with Gasteiger partial charge >= 0.3 is 0 Å². The van der Waals surface area contributed by atoms with Gasteiger partial charge in [-0.3, -0.25) is 4.99 Å². The maximum atomic E-state index is 11.8. The van der Waals surface area contributed by atoms with Crippen LogP contribution in [0.15, 0.2) is 58.4 Å². The minimum absolute atomic E-state index is 0.246. The molecule has 8 heteroatoms. The van der Waals surface area contributed by atoms with Gasteiger partial charge in [-0.05, 0) is 49.4 Å². The molecule has 0 aliphatic rings. The van der Waals surface area contributed by atoms with Gasteiger partial charge in [-0.1, -0.05) is 24.3 Å². The Morgan fingerprint density at radius 1 is 1.07 bits per heavy atom. The van der Waals surface area contributed by atoms with Gasteiger partial charge < -0.3 is 15.0 Å². The molecular formula is C20H28N4O3S. The molecule has 0 aliphatic carbocycles. The van der Waals surface area contributed by atoms with Crippen molar-refractivity contribution in [1.29, 1.82) is 0 Å². The number of ether oxygens (including phenoxy) is 1. The Hall–Kier alpha value is -2.58. The Kier molecular flexibility index (Phi) is 7.83. The van der Waals surface area contributed by atoms with Crippen LogP contribution >= 0.6 is 0 Å². The third-order valence-electron chi connectivity index (χ3n) is 4.18. The second-order valence-electron chi connectivity index (χ2n) is 6.19. The number of hydrogen-bond acceptors (Lipinski definition) is 4. The molecular weight excluding hydrogens is 376 g/mol. The first-order valence-electron chi connectivity index (χ1n) is 9.05. The smallest absolute Gasteiger partial charge is 0.240 e. The quantitative estimate of drug-likeness (QED) is 0.521. The Morgan fingerprint density at radius 2 is 1.68 bits per heavy atom. The third kappa shape index (κ3) is 5.97. The lowest BCUT2D eigenvalue weighted by Gasteiger charge is -2.22. The van der Waals surface area contributed by atoms with Crippen LogP contribution in [0.25, 0.3) is 0 Å². The highest BCUT2D eigenvalue weighted by Gasteiger charge is 2.11. The van der Waals surface area contributed by atoms with Gasteiger partial charge in [-0.15, -0.1) is 0 Å². The lowest BCUT2D eigenvalue weighted by molar-refractivity contribution is 0.340. The molecule has 28 heavy (non-hydrogen) atoms. The van der Waals surface area contributed by atoms with Gasteiger partial charge in [0.15, 0.2) is 5.96 Å². The SMILES string of the molecule is CCOc1ccc(CN(C)C(=NC)NCc2ccc(S(=O)(=O)NC)cc2)cc1. The zero-order chi connectivity index (χ0) is 20.6. The molecule has 7 nitrogen and oxygen atoms in total. The number of nitrogens with zero attached hydrogens (tertiary/aromatic N) is 2. The second-order valence-corrected chi connectivity index (χ2v) is 8.07. The fourth-order valence-electron chi connectivity index (χ4n) is 2.68. The molecule has 0 fully saturated rings. The van der Waals surface area contributed by atoms with Crippen LogP contribution in [-0.4, -0.2) is 47.0 Å². The van der Waals surface area contributed by atoms with E-state index < -0.39 is 10.0 Å². The van der Waals surface area contributed by atoms with Gasteiger partial charge in [0.05, 0.1) is 11.5 Å². The van der Waals surface area contributed by atoms with Crippen molar-refractivity contribution in [2.45, 2.75) is 24.9 Å². The van der Waals surface area contributed by atoms with E-state index in [9.17, 15) is 8.42 Å². The van der Waals surface area contributed by atoms with Crippen molar-refractivity contribution in [3.8, 4) is 5.75 Å². The molecule has 0 bridgehead atoms. The number of hydrogen-bond donors (Lipinski definition) is 2. The van der Waals surface area contributed by atoms with Crippen LogP contribution in [0, 0.1) is 0 Å². The standard InChI is InChI=1S/C20H28N4O3S/c1-5-27-18-10-6-17(7-11-18)15-24(4)20(21-2)23-14-16-8-12-19(13-9-16)28(25,26)22-3/h6-13,22H,5,14-15H2,1-4H3,(H,21,23).